The van der Waals surface area contributed by atoms with Crippen molar-refractivity contribution in [1.29, 1.82) is 0 Å². The second-order valence-electron chi connectivity index (χ2n) is 7.43. The lowest BCUT2D eigenvalue weighted by atomic mass is 9.95. The van der Waals surface area contributed by atoms with Crippen LogP contribution >= 0.6 is 0 Å². The summed E-state index contributed by atoms with van der Waals surface area (Å²) >= 11 is 0. The number of nitrogens with zero attached hydrogens (tertiary/aromatic N) is 2. The largest absolute Gasteiger partial charge is 0.507 e. The Morgan fingerprint density at radius 2 is 1.87 bits per heavy atom. The molecule has 1 fully saturated rings. The van der Waals surface area contributed by atoms with Crippen molar-refractivity contribution in [2.75, 3.05) is 7.11 Å². The van der Waals surface area contributed by atoms with Gasteiger partial charge in [-0.2, -0.15) is 0 Å². The normalized spacial score (nSPS) is 17.7. The molecule has 2 heterocycles. The number of rotatable bonds is 5. The van der Waals surface area contributed by atoms with E-state index in [4.69, 9.17) is 4.74 Å². The van der Waals surface area contributed by atoms with Gasteiger partial charge in [-0.15, -0.1) is 0 Å². The molecule has 1 aromatic heterocycles. The summed E-state index contributed by atoms with van der Waals surface area (Å²) in [5.41, 5.74) is 3.03. The Morgan fingerprint density at radius 3 is 2.55 bits per heavy atom. The topological polar surface area (TPSA) is 79.7 Å². The lowest BCUT2D eigenvalue weighted by Gasteiger charge is -2.25. The Hall–Kier alpha value is -3.93. The number of ether oxygens (including phenoxy) is 1. The number of carbonyl (C=O) groups is 2. The molecule has 0 unspecified atom stereocenters. The van der Waals surface area contributed by atoms with Gasteiger partial charge in [0, 0.05) is 24.5 Å². The van der Waals surface area contributed by atoms with Gasteiger partial charge in [0.25, 0.3) is 11.7 Å². The van der Waals surface area contributed by atoms with Crippen molar-refractivity contribution in [3.8, 4) is 5.75 Å². The first-order valence-electron chi connectivity index (χ1n) is 9.88. The number of methoxy groups -OCH3 is 1. The molecular weight excluding hydrogens is 392 g/mol. The number of ketones is 1. The molecule has 1 amide bonds. The van der Waals surface area contributed by atoms with Crippen molar-refractivity contribution in [1.82, 2.24) is 9.88 Å². The van der Waals surface area contributed by atoms with Crippen LogP contribution < -0.4 is 4.74 Å². The molecule has 1 aliphatic rings. The van der Waals surface area contributed by atoms with Gasteiger partial charge in [0.2, 0.25) is 0 Å². The van der Waals surface area contributed by atoms with Gasteiger partial charge in [-0.1, -0.05) is 48.0 Å². The summed E-state index contributed by atoms with van der Waals surface area (Å²) in [6.45, 7) is 2.12. The fourth-order valence-electron chi connectivity index (χ4n) is 3.76. The predicted octanol–water partition coefficient (Wildman–Crippen LogP) is 4.02. The second-order valence-corrected chi connectivity index (χ2v) is 7.43. The molecule has 0 bridgehead atoms. The zero-order valence-corrected chi connectivity index (χ0v) is 17.3. The zero-order chi connectivity index (χ0) is 22.0. The minimum Gasteiger partial charge on any atom is -0.507 e. The predicted molar refractivity (Wildman–Crippen MR) is 116 cm³/mol. The Morgan fingerprint density at radius 1 is 1.10 bits per heavy atom. The van der Waals surface area contributed by atoms with Crippen molar-refractivity contribution in [2.45, 2.75) is 19.5 Å². The first-order valence-corrected chi connectivity index (χ1v) is 9.88. The molecule has 156 valence electrons. The van der Waals surface area contributed by atoms with Crippen LogP contribution in [0.1, 0.15) is 28.3 Å². The van der Waals surface area contributed by atoms with E-state index in [9.17, 15) is 14.7 Å². The maximum absolute atomic E-state index is 13.1. The van der Waals surface area contributed by atoms with Crippen LogP contribution in [0.3, 0.4) is 0 Å². The Kier molecular flexibility index (Phi) is 5.54. The third-order valence-corrected chi connectivity index (χ3v) is 5.35. The van der Waals surface area contributed by atoms with Crippen LogP contribution in [0.5, 0.6) is 5.75 Å². The SMILES string of the molecule is COc1cccc([C@H]2C(=C(O)c3ccc(C)cc3)C(=O)C(=O)N2Cc2cccnc2)c1. The smallest absolute Gasteiger partial charge is 0.295 e. The van der Waals surface area contributed by atoms with E-state index in [1.165, 1.54) is 4.90 Å². The third kappa shape index (κ3) is 3.92. The Balaban J connectivity index is 1.87. The highest BCUT2D eigenvalue weighted by molar-refractivity contribution is 6.46. The summed E-state index contributed by atoms with van der Waals surface area (Å²) in [5.74, 6) is -0.972. The van der Waals surface area contributed by atoms with E-state index in [-0.39, 0.29) is 17.9 Å². The molecule has 6 nitrogen and oxygen atoms in total. The molecule has 1 atom stereocenters. The second kappa shape index (κ2) is 8.44. The van der Waals surface area contributed by atoms with Gasteiger partial charge < -0.3 is 14.7 Å². The van der Waals surface area contributed by atoms with E-state index in [0.29, 0.717) is 16.9 Å². The number of aromatic nitrogens is 1. The summed E-state index contributed by atoms with van der Waals surface area (Å²) in [7, 11) is 1.55. The van der Waals surface area contributed by atoms with E-state index in [0.717, 1.165) is 11.1 Å². The van der Waals surface area contributed by atoms with Crippen LogP contribution in [0.4, 0.5) is 0 Å². The maximum Gasteiger partial charge on any atom is 0.295 e. The first-order chi connectivity index (χ1) is 15.0. The van der Waals surface area contributed by atoms with Gasteiger partial charge in [-0.05, 0) is 36.2 Å². The molecule has 2 aromatic carbocycles. The van der Waals surface area contributed by atoms with Gasteiger partial charge in [-0.3, -0.25) is 14.6 Å². The zero-order valence-electron chi connectivity index (χ0n) is 17.3. The number of carbonyl (C=O) groups excluding carboxylic acids is 2. The van der Waals surface area contributed by atoms with Crippen molar-refractivity contribution in [3.63, 3.8) is 0 Å². The highest BCUT2D eigenvalue weighted by atomic mass is 16.5. The fourth-order valence-corrected chi connectivity index (χ4v) is 3.76. The molecule has 0 aliphatic carbocycles. The molecule has 0 spiro atoms. The van der Waals surface area contributed by atoms with E-state index >= 15 is 0 Å². The Labute approximate surface area is 180 Å². The highest BCUT2D eigenvalue weighted by Crippen LogP contribution is 2.41. The number of amides is 1. The molecule has 0 saturated carbocycles. The molecule has 31 heavy (non-hydrogen) atoms. The Bertz CT molecular complexity index is 1150. The number of pyridine rings is 1. The van der Waals surface area contributed by atoms with E-state index in [2.05, 4.69) is 4.98 Å². The van der Waals surface area contributed by atoms with E-state index in [1.54, 1.807) is 55.9 Å². The van der Waals surface area contributed by atoms with Crippen molar-refractivity contribution in [2.24, 2.45) is 0 Å². The standard InChI is InChI=1S/C25H22N2O4/c1-16-8-10-18(11-9-16)23(28)21-22(19-6-3-7-20(13-19)31-2)27(25(30)24(21)29)15-17-5-4-12-26-14-17/h3-14,22,28H,15H2,1-2H3/t22-/m0/s1. The van der Waals surface area contributed by atoms with Crippen LogP contribution in [-0.2, 0) is 16.1 Å². The number of aliphatic hydroxyl groups excluding tert-OH is 1. The van der Waals surface area contributed by atoms with Crippen molar-refractivity contribution < 1.29 is 19.4 Å². The molecule has 6 heteroatoms. The number of likely N-dealkylation sites (tertiary alicyclic amines) is 1. The van der Waals surface area contributed by atoms with Crippen LogP contribution in [0.2, 0.25) is 0 Å². The third-order valence-electron chi connectivity index (χ3n) is 5.35. The molecule has 3 aromatic rings. The van der Waals surface area contributed by atoms with Crippen LogP contribution in [0.25, 0.3) is 5.76 Å². The maximum atomic E-state index is 13.1. The number of aliphatic hydroxyl groups is 1. The lowest BCUT2D eigenvalue weighted by Crippen LogP contribution is -2.29. The first kappa shape index (κ1) is 20.3. The van der Waals surface area contributed by atoms with Crippen LogP contribution in [0.15, 0.2) is 78.6 Å². The van der Waals surface area contributed by atoms with Gasteiger partial charge >= 0.3 is 0 Å². The van der Waals surface area contributed by atoms with Gasteiger partial charge in [0.15, 0.2) is 0 Å². The number of aryl methyl sites for hydroxylation is 1. The van der Waals surface area contributed by atoms with Gasteiger partial charge in [-0.25, -0.2) is 0 Å². The summed E-state index contributed by atoms with van der Waals surface area (Å²) in [5, 5.41) is 11.1. The summed E-state index contributed by atoms with van der Waals surface area (Å²) in [4.78, 5) is 31.7. The summed E-state index contributed by atoms with van der Waals surface area (Å²) < 4.78 is 5.34. The monoisotopic (exact) mass is 414 g/mol. The summed E-state index contributed by atoms with van der Waals surface area (Å²) in [6.07, 6.45) is 3.30. The average molecular weight is 414 g/mol. The lowest BCUT2D eigenvalue weighted by molar-refractivity contribution is -0.140. The highest BCUT2D eigenvalue weighted by Gasteiger charge is 2.46. The van der Waals surface area contributed by atoms with E-state index < -0.39 is 17.7 Å². The molecule has 0 radical (unpaired) electrons. The quantitative estimate of drug-likeness (QED) is 0.388. The van der Waals surface area contributed by atoms with Gasteiger partial charge in [0.05, 0.1) is 18.7 Å². The fraction of sp³-hybridized carbons (Fsp3) is 0.160. The minimum absolute atomic E-state index is 0.0611. The van der Waals surface area contributed by atoms with Crippen molar-refractivity contribution >= 4 is 17.4 Å². The number of Topliss-reactive ketones (excluding diaryl/α,β-unsaturated/α-hetero) is 1. The molecular formula is C25H22N2O4. The van der Waals surface area contributed by atoms with Crippen molar-refractivity contribution in [3.05, 3.63) is 101 Å². The molecule has 1 N–H and O–H groups in total. The number of hydrogen-bond acceptors (Lipinski definition) is 5. The van der Waals surface area contributed by atoms with Crippen LogP contribution in [-0.4, -0.2) is 33.8 Å². The van der Waals surface area contributed by atoms with Gasteiger partial charge in [0.1, 0.15) is 11.5 Å². The summed E-state index contributed by atoms with van der Waals surface area (Å²) in [6, 6.07) is 17.2. The number of benzene rings is 2. The molecule has 4 rings (SSSR count). The average Bonchev–Trinajstić information content (AvgIpc) is 3.05. The van der Waals surface area contributed by atoms with Crippen LogP contribution in [0, 0.1) is 6.92 Å². The molecule has 1 saturated heterocycles. The minimum atomic E-state index is -0.753. The number of hydrogen-bond donors (Lipinski definition) is 1. The molecule has 1 aliphatic heterocycles. The van der Waals surface area contributed by atoms with E-state index in [1.807, 2.05) is 31.2 Å².